The van der Waals surface area contributed by atoms with E-state index in [1.54, 1.807) is 0 Å². The Kier molecular flexibility index (Phi) is 1.63. The van der Waals surface area contributed by atoms with Crippen LogP contribution in [-0.4, -0.2) is 30.8 Å². The van der Waals surface area contributed by atoms with Gasteiger partial charge < -0.3 is 4.79 Å². The molecule has 1 saturated carbocycles. The van der Waals surface area contributed by atoms with Crippen molar-refractivity contribution >= 4 is 6.29 Å². The molecule has 0 N–H and O–H groups in total. The van der Waals surface area contributed by atoms with Crippen LogP contribution in [0.2, 0.25) is 0 Å². The number of carbonyl (C=O) groups excluding carboxylic acids is 1. The molecule has 0 aromatic carbocycles. The predicted molar refractivity (Wildman–Crippen MR) is 31.7 cm³/mol. The Balaban J connectivity index is 2.12. The van der Waals surface area contributed by atoms with Gasteiger partial charge in [0, 0.05) is 6.04 Å². The molecular weight excluding hydrogens is 102 g/mol. The first-order valence-corrected chi connectivity index (χ1v) is 2.98. The molecule has 0 aromatic rings. The van der Waals surface area contributed by atoms with Crippen LogP contribution in [0.25, 0.3) is 0 Å². The van der Waals surface area contributed by atoms with Gasteiger partial charge in [-0.05, 0) is 19.9 Å². The van der Waals surface area contributed by atoms with Gasteiger partial charge >= 0.3 is 0 Å². The quantitative estimate of drug-likeness (QED) is 0.490. The van der Waals surface area contributed by atoms with Crippen molar-refractivity contribution in [2.45, 2.75) is 18.9 Å². The van der Waals surface area contributed by atoms with E-state index >= 15 is 0 Å². The van der Waals surface area contributed by atoms with E-state index in [1.807, 2.05) is 7.05 Å². The van der Waals surface area contributed by atoms with Gasteiger partial charge in [-0.15, -0.1) is 0 Å². The fourth-order valence-corrected chi connectivity index (χ4v) is 0.782. The lowest BCUT2D eigenvalue weighted by molar-refractivity contribution is -0.108. The molecule has 0 radical (unpaired) electrons. The molecule has 2 nitrogen and oxygen atoms in total. The molecule has 1 aliphatic carbocycles. The Morgan fingerprint density at radius 2 is 2.38 bits per heavy atom. The van der Waals surface area contributed by atoms with E-state index in [9.17, 15) is 4.79 Å². The molecule has 0 amide bonds. The van der Waals surface area contributed by atoms with Gasteiger partial charge in [0.15, 0.2) is 0 Å². The van der Waals surface area contributed by atoms with Crippen molar-refractivity contribution in [3.63, 3.8) is 0 Å². The van der Waals surface area contributed by atoms with E-state index in [4.69, 9.17) is 0 Å². The topological polar surface area (TPSA) is 20.3 Å². The first kappa shape index (κ1) is 5.76. The van der Waals surface area contributed by atoms with Crippen molar-refractivity contribution in [1.82, 2.24) is 4.90 Å². The average Bonchev–Trinajstić information content (AvgIpc) is 2.45. The molecule has 1 aliphatic rings. The third kappa shape index (κ3) is 1.30. The van der Waals surface area contributed by atoms with Crippen LogP contribution in [0, 0.1) is 0 Å². The second kappa shape index (κ2) is 2.27. The maximum atomic E-state index is 9.91. The van der Waals surface area contributed by atoms with E-state index in [1.165, 1.54) is 12.8 Å². The van der Waals surface area contributed by atoms with Gasteiger partial charge in [0.05, 0.1) is 6.54 Å². The molecule has 0 spiro atoms. The summed E-state index contributed by atoms with van der Waals surface area (Å²) in [6.45, 7) is 0.602. The number of likely N-dealkylation sites (N-methyl/N-ethyl adjacent to an activating group) is 1. The molecular formula is C6H11NO. The molecule has 0 aromatic heterocycles. The monoisotopic (exact) mass is 113 g/mol. The highest BCUT2D eigenvalue weighted by Gasteiger charge is 2.25. The van der Waals surface area contributed by atoms with E-state index < -0.39 is 0 Å². The summed E-state index contributed by atoms with van der Waals surface area (Å²) in [4.78, 5) is 12.0. The van der Waals surface area contributed by atoms with Gasteiger partial charge in [-0.3, -0.25) is 4.90 Å². The van der Waals surface area contributed by atoms with Crippen molar-refractivity contribution in [2.75, 3.05) is 13.6 Å². The third-order valence-corrected chi connectivity index (χ3v) is 1.53. The van der Waals surface area contributed by atoms with Crippen LogP contribution in [0.15, 0.2) is 0 Å². The average molecular weight is 113 g/mol. The van der Waals surface area contributed by atoms with Crippen molar-refractivity contribution < 1.29 is 4.79 Å². The SMILES string of the molecule is CN(CC=O)C1CC1. The lowest BCUT2D eigenvalue weighted by Gasteiger charge is -2.09. The van der Waals surface area contributed by atoms with Crippen LogP contribution in [0.3, 0.4) is 0 Å². The van der Waals surface area contributed by atoms with Crippen molar-refractivity contribution in [3.05, 3.63) is 0 Å². The fourth-order valence-electron chi connectivity index (χ4n) is 0.782. The van der Waals surface area contributed by atoms with Gasteiger partial charge in [-0.25, -0.2) is 0 Å². The zero-order valence-corrected chi connectivity index (χ0v) is 5.13. The molecule has 8 heavy (non-hydrogen) atoms. The Morgan fingerprint density at radius 1 is 1.75 bits per heavy atom. The van der Waals surface area contributed by atoms with Gasteiger partial charge in [0.2, 0.25) is 0 Å². The summed E-state index contributed by atoms with van der Waals surface area (Å²) < 4.78 is 0. The highest BCUT2D eigenvalue weighted by atomic mass is 16.1. The molecule has 2 heteroatoms. The second-order valence-electron chi connectivity index (χ2n) is 2.34. The Morgan fingerprint density at radius 3 is 2.75 bits per heavy atom. The van der Waals surface area contributed by atoms with Crippen LogP contribution in [0.5, 0.6) is 0 Å². The smallest absolute Gasteiger partial charge is 0.133 e. The summed E-state index contributed by atoms with van der Waals surface area (Å²) in [6, 6.07) is 0.722. The predicted octanol–water partition coefficient (Wildman–Crippen LogP) is 0.279. The minimum atomic E-state index is 0.602. The second-order valence-corrected chi connectivity index (χ2v) is 2.34. The highest BCUT2D eigenvalue weighted by Crippen LogP contribution is 2.24. The molecule has 1 fully saturated rings. The summed E-state index contributed by atoms with van der Waals surface area (Å²) in [6.07, 6.45) is 3.52. The van der Waals surface area contributed by atoms with Crippen LogP contribution in [-0.2, 0) is 4.79 Å². The molecule has 46 valence electrons. The number of hydrogen-bond acceptors (Lipinski definition) is 2. The fraction of sp³-hybridized carbons (Fsp3) is 0.833. The summed E-state index contributed by atoms with van der Waals surface area (Å²) in [5.41, 5.74) is 0. The largest absolute Gasteiger partial charge is 0.302 e. The first-order valence-electron chi connectivity index (χ1n) is 2.98. The standard InChI is InChI=1S/C6H11NO/c1-7(4-5-8)6-2-3-6/h5-6H,2-4H2,1H3. The maximum absolute atomic E-state index is 9.91. The van der Waals surface area contributed by atoms with Crippen LogP contribution < -0.4 is 0 Å². The number of aldehydes is 1. The first-order chi connectivity index (χ1) is 3.84. The van der Waals surface area contributed by atoms with Crippen molar-refractivity contribution in [1.29, 1.82) is 0 Å². The lowest BCUT2D eigenvalue weighted by atomic mass is 10.5. The number of rotatable bonds is 3. The van der Waals surface area contributed by atoms with Crippen LogP contribution in [0.4, 0.5) is 0 Å². The lowest BCUT2D eigenvalue weighted by Crippen LogP contribution is -2.22. The number of hydrogen-bond donors (Lipinski definition) is 0. The molecule has 0 heterocycles. The molecule has 0 aliphatic heterocycles. The summed E-state index contributed by atoms with van der Waals surface area (Å²) in [5.74, 6) is 0. The van der Waals surface area contributed by atoms with E-state index in [2.05, 4.69) is 4.90 Å². The Hall–Kier alpha value is -0.370. The van der Waals surface area contributed by atoms with Crippen molar-refractivity contribution in [2.24, 2.45) is 0 Å². The summed E-state index contributed by atoms with van der Waals surface area (Å²) >= 11 is 0. The Labute approximate surface area is 49.5 Å². The van der Waals surface area contributed by atoms with Gasteiger partial charge in [0.25, 0.3) is 0 Å². The van der Waals surface area contributed by atoms with Gasteiger partial charge in [-0.2, -0.15) is 0 Å². The zero-order valence-electron chi connectivity index (χ0n) is 5.13. The maximum Gasteiger partial charge on any atom is 0.133 e. The van der Waals surface area contributed by atoms with Crippen molar-refractivity contribution in [3.8, 4) is 0 Å². The molecule has 0 atom stereocenters. The minimum absolute atomic E-state index is 0.602. The zero-order chi connectivity index (χ0) is 5.98. The molecule has 0 saturated heterocycles. The minimum Gasteiger partial charge on any atom is -0.302 e. The molecule has 0 bridgehead atoms. The van der Waals surface area contributed by atoms with E-state index in [0.717, 1.165) is 12.3 Å². The summed E-state index contributed by atoms with van der Waals surface area (Å²) in [7, 11) is 1.99. The van der Waals surface area contributed by atoms with Crippen LogP contribution >= 0.6 is 0 Å². The summed E-state index contributed by atoms with van der Waals surface area (Å²) in [5, 5.41) is 0. The van der Waals surface area contributed by atoms with Gasteiger partial charge in [-0.1, -0.05) is 0 Å². The number of nitrogens with zero attached hydrogens (tertiary/aromatic N) is 1. The van der Waals surface area contributed by atoms with Gasteiger partial charge in [0.1, 0.15) is 6.29 Å². The highest BCUT2D eigenvalue weighted by molar-refractivity contribution is 5.52. The van der Waals surface area contributed by atoms with E-state index in [-0.39, 0.29) is 0 Å². The normalized spacial score (nSPS) is 19.2. The molecule has 1 rings (SSSR count). The third-order valence-electron chi connectivity index (χ3n) is 1.53. The van der Waals surface area contributed by atoms with E-state index in [0.29, 0.717) is 6.54 Å². The Bertz CT molecular complexity index is 88.5. The molecule has 0 unspecified atom stereocenters. The number of carbonyl (C=O) groups is 1. The van der Waals surface area contributed by atoms with Crippen LogP contribution in [0.1, 0.15) is 12.8 Å².